The predicted octanol–water partition coefficient (Wildman–Crippen LogP) is 3.29. The Morgan fingerprint density at radius 1 is 1.23 bits per heavy atom. The number of carbonyl (C=O) groups is 1. The third-order valence-corrected chi connectivity index (χ3v) is 4.50. The molecule has 0 saturated carbocycles. The number of piperidine rings is 1. The summed E-state index contributed by atoms with van der Waals surface area (Å²) in [6, 6.07) is 6.10. The number of aromatic nitrogens is 2. The first-order valence-electron chi connectivity index (χ1n) is 8.05. The summed E-state index contributed by atoms with van der Waals surface area (Å²) in [7, 11) is 1.43. The van der Waals surface area contributed by atoms with Gasteiger partial charge < -0.3 is 9.64 Å². The van der Waals surface area contributed by atoms with Crippen molar-refractivity contribution in [2.45, 2.75) is 24.9 Å². The molecule has 0 aliphatic carbocycles. The van der Waals surface area contributed by atoms with Crippen LogP contribution in [-0.4, -0.2) is 47.0 Å². The zero-order valence-corrected chi connectivity index (χ0v) is 14.0. The van der Waals surface area contributed by atoms with Crippen LogP contribution in [0.3, 0.4) is 0 Å². The van der Waals surface area contributed by atoms with E-state index < -0.39 is 17.9 Å². The van der Waals surface area contributed by atoms with Gasteiger partial charge in [0.25, 0.3) is 0 Å². The van der Waals surface area contributed by atoms with Crippen LogP contribution in [0.2, 0.25) is 0 Å². The average molecular weight is 371 g/mol. The van der Waals surface area contributed by atoms with Crippen LogP contribution in [0, 0.1) is 5.82 Å². The molecule has 0 atom stereocenters. The number of methoxy groups -OCH3 is 1. The molecule has 0 radical (unpaired) electrons. The largest absolute Gasteiger partial charge is 0.497 e. The quantitative estimate of drug-likeness (QED) is 0.778. The second-order valence-electron chi connectivity index (χ2n) is 6.05. The highest BCUT2D eigenvalue weighted by Crippen LogP contribution is 2.32. The number of alkyl halides is 3. The highest BCUT2D eigenvalue weighted by atomic mass is 19.4. The highest BCUT2D eigenvalue weighted by molar-refractivity contribution is 5.81. The summed E-state index contributed by atoms with van der Waals surface area (Å²) in [6.45, 7) is -0.00142. The Hall–Kier alpha value is -2.58. The predicted molar refractivity (Wildman–Crippen MR) is 84.7 cm³/mol. The zero-order chi connectivity index (χ0) is 18.9. The van der Waals surface area contributed by atoms with Gasteiger partial charge in [-0.3, -0.25) is 4.79 Å². The van der Waals surface area contributed by atoms with Gasteiger partial charge in [-0.1, -0.05) is 0 Å². The van der Waals surface area contributed by atoms with Gasteiger partial charge in [0.15, 0.2) is 5.82 Å². The number of likely N-dealkylation sites (tertiary alicyclic amines) is 1. The lowest BCUT2D eigenvalue weighted by Gasteiger charge is -2.32. The van der Waals surface area contributed by atoms with Crippen LogP contribution >= 0.6 is 0 Å². The Bertz CT molecular complexity index is 796. The van der Waals surface area contributed by atoms with Gasteiger partial charge in [0.05, 0.1) is 7.11 Å². The van der Waals surface area contributed by atoms with Crippen molar-refractivity contribution in [3.63, 3.8) is 0 Å². The lowest BCUT2D eigenvalue weighted by atomic mass is 9.93. The normalized spacial score (nSPS) is 16.0. The number of amides is 1. The van der Waals surface area contributed by atoms with Crippen molar-refractivity contribution in [3.8, 4) is 11.4 Å². The van der Waals surface area contributed by atoms with Crippen molar-refractivity contribution in [2.75, 3.05) is 20.2 Å². The summed E-state index contributed by atoms with van der Waals surface area (Å²) in [6.07, 6.45) is -2.64. The fraction of sp³-hybridized carbons (Fsp3) is 0.412. The topological polar surface area (TPSA) is 47.4 Å². The summed E-state index contributed by atoms with van der Waals surface area (Å²) >= 11 is 0. The molecule has 140 valence electrons. The Balaban J connectivity index is 1.77. The molecule has 0 N–H and O–H groups in total. The van der Waals surface area contributed by atoms with Crippen LogP contribution in [0.15, 0.2) is 30.5 Å². The van der Waals surface area contributed by atoms with Crippen LogP contribution < -0.4 is 4.74 Å². The molecule has 1 aliphatic heterocycles. The van der Waals surface area contributed by atoms with E-state index in [-0.39, 0.29) is 24.7 Å². The SMILES string of the molecule is COc1ccc(-n2nccc2C2CCN(C(=O)C(F)(F)F)CC2)c(F)c1. The number of halogens is 4. The molecule has 0 spiro atoms. The molecular formula is C17H17F4N3O2. The van der Waals surface area contributed by atoms with Crippen LogP contribution in [0.5, 0.6) is 5.75 Å². The van der Waals surface area contributed by atoms with E-state index in [0.717, 1.165) is 4.90 Å². The second-order valence-corrected chi connectivity index (χ2v) is 6.05. The maximum absolute atomic E-state index is 14.3. The molecule has 9 heteroatoms. The molecule has 5 nitrogen and oxygen atoms in total. The molecule has 1 amide bonds. The summed E-state index contributed by atoms with van der Waals surface area (Å²) in [4.78, 5) is 12.1. The molecule has 1 aromatic carbocycles. The van der Waals surface area contributed by atoms with E-state index >= 15 is 0 Å². The van der Waals surface area contributed by atoms with E-state index in [9.17, 15) is 22.4 Å². The van der Waals surface area contributed by atoms with Gasteiger partial charge in [0, 0.05) is 37.0 Å². The summed E-state index contributed by atoms with van der Waals surface area (Å²) in [5.74, 6) is -2.07. The fourth-order valence-corrected chi connectivity index (χ4v) is 3.17. The first kappa shape index (κ1) is 18.2. The van der Waals surface area contributed by atoms with Crippen LogP contribution in [0.4, 0.5) is 17.6 Å². The number of nitrogens with zero attached hydrogens (tertiary/aromatic N) is 3. The lowest BCUT2D eigenvalue weighted by Crippen LogP contribution is -2.45. The maximum Gasteiger partial charge on any atom is 0.471 e. The van der Waals surface area contributed by atoms with E-state index in [0.29, 0.717) is 24.3 Å². The summed E-state index contributed by atoms with van der Waals surface area (Å²) in [5, 5.41) is 4.15. The van der Waals surface area contributed by atoms with Gasteiger partial charge in [0.2, 0.25) is 0 Å². The molecule has 1 saturated heterocycles. The van der Waals surface area contributed by atoms with Crippen molar-refractivity contribution in [3.05, 3.63) is 42.0 Å². The molecule has 2 heterocycles. The van der Waals surface area contributed by atoms with Crippen LogP contribution in [-0.2, 0) is 4.79 Å². The standard InChI is InChI=1S/C17H17F4N3O2/c1-26-12-2-3-15(13(18)10-12)24-14(4-7-22-24)11-5-8-23(9-6-11)16(25)17(19,20)21/h2-4,7,10-11H,5-6,8-9H2,1H3. The molecule has 1 aliphatic rings. The van der Waals surface area contributed by atoms with E-state index in [1.807, 2.05) is 0 Å². The first-order chi connectivity index (χ1) is 12.3. The van der Waals surface area contributed by atoms with E-state index in [2.05, 4.69) is 5.10 Å². The molecule has 3 rings (SSSR count). The number of ether oxygens (including phenoxy) is 1. The molecule has 26 heavy (non-hydrogen) atoms. The first-order valence-corrected chi connectivity index (χ1v) is 8.05. The number of carbonyl (C=O) groups excluding carboxylic acids is 1. The van der Waals surface area contributed by atoms with Gasteiger partial charge in [-0.15, -0.1) is 0 Å². The average Bonchev–Trinajstić information content (AvgIpc) is 3.09. The van der Waals surface area contributed by atoms with Gasteiger partial charge in [-0.25, -0.2) is 9.07 Å². The number of hydrogen-bond donors (Lipinski definition) is 0. The number of rotatable bonds is 3. The second kappa shape index (κ2) is 6.97. The Morgan fingerprint density at radius 3 is 2.50 bits per heavy atom. The van der Waals surface area contributed by atoms with Crippen molar-refractivity contribution in [1.29, 1.82) is 0 Å². The van der Waals surface area contributed by atoms with Gasteiger partial charge >= 0.3 is 12.1 Å². The van der Waals surface area contributed by atoms with Crippen molar-refractivity contribution < 1.29 is 27.1 Å². The number of benzene rings is 1. The van der Waals surface area contributed by atoms with E-state index in [1.54, 1.807) is 12.1 Å². The molecule has 1 aromatic heterocycles. The van der Waals surface area contributed by atoms with Crippen molar-refractivity contribution >= 4 is 5.91 Å². The highest BCUT2D eigenvalue weighted by Gasteiger charge is 2.43. The smallest absolute Gasteiger partial charge is 0.471 e. The van der Waals surface area contributed by atoms with E-state index in [1.165, 1.54) is 30.1 Å². The van der Waals surface area contributed by atoms with Crippen LogP contribution in [0.1, 0.15) is 24.5 Å². The minimum absolute atomic E-state index is 0.000710. The van der Waals surface area contributed by atoms with E-state index in [4.69, 9.17) is 4.74 Å². The third-order valence-electron chi connectivity index (χ3n) is 4.50. The minimum Gasteiger partial charge on any atom is -0.497 e. The molecular weight excluding hydrogens is 354 g/mol. The van der Waals surface area contributed by atoms with Crippen molar-refractivity contribution in [1.82, 2.24) is 14.7 Å². The number of hydrogen-bond acceptors (Lipinski definition) is 3. The molecule has 2 aromatic rings. The Kier molecular flexibility index (Phi) is 4.88. The van der Waals surface area contributed by atoms with Crippen LogP contribution in [0.25, 0.3) is 5.69 Å². The lowest BCUT2D eigenvalue weighted by molar-refractivity contribution is -0.186. The minimum atomic E-state index is -4.86. The van der Waals surface area contributed by atoms with Gasteiger partial charge in [-0.2, -0.15) is 18.3 Å². The monoisotopic (exact) mass is 371 g/mol. The maximum atomic E-state index is 14.3. The van der Waals surface area contributed by atoms with Gasteiger partial charge in [0.1, 0.15) is 11.4 Å². The van der Waals surface area contributed by atoms with Crippen molar-refractivity contribution in [2.24, 2.45) is 0 Å². The van der Waals surface area contributed by atoms with Gasteiger partial charge in [-0.05, 0) is 31.0 Å². The third kappa shape index (κ3) is 3.51. The Morgan fingerprint density at radius 2 is 1.92 bits per heavy atom. The molecule has 0 unspecified atom stereocenters. The molecule has 0 bridgehead atoms. The summed E-state index contributed by atoms with van der Waals surface area (Å²) in [5.41, 5.74) is 0.938. The summed E-state index contributed by atoms with van der Waals surface area (Å²) < 4.78 is 58.4. The molecule has 1 fully saturated rings. The fourth-order valence-electron chi connectivity index (χ4n) is 3.17. The zero-order valence-electron chi connectivity index (χ0n) is 14.0. The Labute approximate surface area is 147 Å².